The summed E-state index contributed by atoms with van der Waals surface area (Å²) in [4.78, 5) is 8.52. The van der Waals surface area contributed by atoms with Gasteiger partial charge in [-0.25, -0.2) is 13.8 Å². The number of rotatable bonds is 8. The van der Waals surface area contributed by atoms with Crippen LogP contribution in [0.2, 0.25) is 5.02 Å². The lowest BCUT2D eigenvalue weighted by atomic mass is 9.97. The van der Waals surface area contributed by atoms with Crippen LogP contribution in [0.15, 0.2) is 42.4 Å². The molecule has 0 unspecified atom stereocenters. The Hall–Kier alpha value is -3.72. The van der Waals surface area contributed by atoms with Gasteiger partial charge < -0.3 is 20.8 Å². The largest absolute Gasteiger partial charge is 0.378 e. The third-order valence-corrected chi connectivity index (χ3v) is 8.67. The normalized spacial score (nSPS) is 21.2. The molecule has 3 aliphatic rings. The molecule has 2 aliphatic heterocycles. The zero-order valence-corrected chi connectivity index (χ0v) is 24.1. The lowest BCUT2D eigenvalue weighted by molar-refractivity contribution is 0.00911. The lowest BCUT2D eigenvalue weighted by Gasteiger charge is -2.28. The Morgan fingerprint density at radius 1 is 1.26 bits per heavy atom. The van der Waals surface area contributed by atoms with Crippen molar-refractivity contribution in [3.63, 3.8) is 0 Å². The number of benzene rings is 1. The predicted molar refractivity (Wildman–Crippen MR) is 156 cm³/mol. The van der Waals surface area contributed by atoms with E-state index >= 15 is 0 Å². The number of terminal acetylenes is 1. The molecule has 4 N–H and O–H groups in total. The minimum absolute atomic E-state index is 0.000704. The van der Waals surface area contributed by atoms with E-state index in [2.05, 4.69) is 37.5 Å². The molecule has 0 radical (unpaired) electrons. The van der Waals surface area contributed by atoms with Gasteiger partial charge in [-0.3, -0.25) is 9.99 Å². The topological polar surface area (TPSA) is 86.4 Å². The Morgan fingerprint density at radius 2 is 2.05 bits per heavy atom. The van der Waals surface area contributed by atoms with E-state index in [-0.39, 0.29) is 6.04 Å². The van der Waals surface area contributed by atoms with E-state index in [0.29, 0.717) is 69.3 Å². The van der Waals surface area contributed by atoms with Crippen molar-refractivity contribution >= 4 is 33.9 Å². The second-order valence-corrected chi connectivity index (χ2v) is 11.9. The van der Waals surface area contributed by atoms with E-state index in [9.17, 15) is 13.2 Å². The van der Waals surface area contributed by atoms with Crippen LogP contribution >= 0.6 is 11.6 Å². The molecule has 2 aromatic heterocycles. The van der Waals surface area contributed by atoms with Crippen molar-refractivity contribution in [3.05, 3.63) is 70.2 Å². The number of pyridine rings is 2. The number of halogens is 4. The first kappa shape index (κ1) is 28.4. The molecule has 8 nitrogen and oxygen atoms in total. The van der Waals surface area contributed by atoms with E-state index in [1.807, 2.05) is 19.9 Å². The van der Waals surface area contributed by atoms with Crippen LogP contribution in [0.5, 0.6) is 0 Å². The van der Waals surface area contributed by atoms with E-state index in [1.54, 1.807) is 31.5 Å². The molecule has 1 saturated carbocycles. The van der Waals surface area contributed by atoms with Crippen molar-refractivity contribution in [3.8, 4) is 12.3 Å². The zero-order valence-electron chi connectivity index (χ0n) is 23.4. The monoisotopic (exact) mass is 597 g/mol. The second-order valence-electron chi connectivity index (χ2n) is 11.5. The van der Waals surface area contributed by atoms with Crippen LogP contribution in [0.4, 0.5) is 24.5 Å². The molecule has 12 heteroatoms. The summed E-state index contributed by atoms with van der Waals surface area (Å²) in [6, 6.07) is 5.89. The second kappa shape index (κ2) is 10.5. The molecule has 1 aromatic carbocycles. The highest BCUT2D eigenvalue weighted by Gasteiger charge is 2.56. The number of alkyl halides is 2. The lowest BCUT2D eigenvalue weighted by Crippen LogP contribution is -2.48. The molecule has 0 bridgehead atoms. The fraction of sp³-hybridized carbons (Fsp3) is 0.400. The summed E-state index contributed by atoms with van der Waals surface area (Å²) in [7, 11) is 0. The van der Waals surface area contributed by atoms with Gasteiger partial charge in [-0.05, 0) is 58.2 Å². The minimum atomic E-state index is -2.53. The number of hydrazine groups is 2. The summed E-state index contributed by atoms with van der Waals surface area (Å²) >= 11 is 6.77. The van der Waals surface area contributed by atoms with Gasteiger partial charge in [0, 0.05) is 41.3 Å². The number of nitrogens with zero attached hydrogens (tertiary/aromatic N) is 3. The summed E-state index contributed by atoms with van der Waals surface area (Å²) in [6.45, 7) is 6.37. The van der Waals surface area contributed by atoms with Crippen LogP contribution < -0.4 is 21.6 Å². The van der Waals surface area contributed by atoms with Crippen LogP contribution in [0.25, 0.3) is 10.9 Å². The summed E-state index contributed by atoms with van der Waals surface area (Å²) in [6.07, 6.45) is 8.11. The molecular weight excluding hydrogens is 567 g/mol. The Kier molecular flexibility index (Phi) is 7.12. The molecule has 42 heavy (non-hydrogen) atoms. The molecule has 3 aromatic rings. The summed E-state index contributed by atoms with van der Waals surface area (Å²) < 4.78 is 47.6. The smallest absolute Gasteiger partial charge is 0.262 e. The first-order chi connectivity index (χ1) is 20.0. The van der Waals surface area contributed by atoms with E-state index < -0.39 is 29.6 Å². The Bertz CT molecular complexity index is 1620. The van der Waals surface area contributed by atoms with Gasteiger partial charge in [0.25, 0.3) is 6.43 Å². The molecule has 4 heterocycles. The van der Waals surface area contributed by atoms with Crippen LogP contribution in [-0.2, 0) is 4.74 Å². The minimum Gasteiger partial charge on any atom is -0.378 e. The van der Waals surface area contributed by atoms with E-state index in [0.717, 1.165) is 6.42 Å². The van der Waals surface area contributed by atoms with Crippen molar-refractivity contribution in [2.75, 3.05) is 17.2 Å². The van der Waals surface area contributed by atoms with Crippen molar-refractivity contribution in [1.82, 2.24) is 25.9 Å². The van der Waals surface area contributed by atoms with Gasteiger partial charge in [0.2, 0.25) is 5.95 Å². The van der Waals surface area contributed by atoms with Gasteiger partial charge >= 0.3 is 0 Å². The SMILES string of the molecule is C#Cc1cnc2c(Cl)cc(N[C@H](C3=CN(C4(C(F)F)CC4)NN3)c3ccc(F)nc3C)cc2c1N[C@@H]1CCOC1(C)C. The molecule has 1 saturated heterocycles. The number of anilines is 2. The number of ether oxygens (including phenoxy) is 1. The van der Waals surface area contributed by atoms with Crippen molar-refractivity contribution < 1.29 is 17.9 Å². The number of fused-ring (bicyclic) bond motifs is 1. The maximum atomic E-state index is 14.0. The van der Waals surface area contributed by atoms with Gasteiger partial charge in [0.1, 0.15) is 5.54 Å². The quantitative estimate of drug-likeness (QED) is 0.191. The average Bonchev–Trinajstić information content (AvgIpc) is 3.49. The van der Waals surface area contributed by atoms with Gasteiger partial charge in [0.05, 0.1) is 45.2 Å². The van der Waals surface area contributed by atoms with Crippen LogP contribution in [0.3, 0.4) is 0 Å². The fourth-order valence-electron chi connectivity index (χ4n) is 5.66. The first-order valence-electron chi connectivity index (χ1n) is 13.7. The maximum absolute atomic E-state index is 14.0. The number of hydrogen-bond acceptors (Lipinski definition) is 8. The summed E-state index contributed by atoms with van der Waals surface area (Å²) in [5, 5.41) is 9.56. The fourth-order valence-corrected chi connectivity index (χ4v) is 5.93. The Balaban J connectivity index is 1.42. The average molecular weight is 598 g/mol. The molecular formula is C30H31ClF3N7O. The number of hydrogen-bond donors (Lipinski definition) is 4. The van der Waals surface area contributed by atoms with Gasteiger partial charge in [0.15, 0.2) is 0 Å². The third kappa shape index (κ3) is 4.97. The standard InChI is InChI=1S/C30H31ClF3N7O/c1-5-17-14-35-26-20(25(17)38-23-8-11-42-29(23,3)4)12-18(13-21(26)31)37-27(19-6-7-24(32)36-16(19)2)22-15-41(40-39-22)30(9-10-30)28(33)34/h1,6-7,12-15,23,27-28,37,39-40H,8-11H2,2-4H3,(H,35,38)/t23-,27+/m1/s1. The number of nitrogens with one attached hydrogen (secondary N) is 4. The molecule has 6 rings (SSSR count). The number of aromatic nitrogens is 2. The van der Waals surface area contributed by atoms with Crippen molar-refractivity contribution in [2.45, 2.75) is 69.7 Å². The summed E-state index contributed by atoms with van der Waals surface area (Å²) in [5.74, 6) is 2.10. The van der Waals surface area contributed by atoms with Gasteiger partial charge in [-0.2, -0.15) is 4.39 Å². The first-order valence-corrected chi connectivity index (χ1v) is 14.1. The highest BCUT2D eigenvalue weighted by atomic mass is 35.5. The number of aryl methyl sites for hydroxylation is 1. The van der Waals surface area contributed by atoms with Crippen LogP contribution in [-0.4, -0.2) is 45.2 Å². The third-order valence-electron chi connectivity index (χ3n) is 8.38. The highest BCUT2D eigenvalue weighted by molar-refractivity contribution is 6.35. The molecule has 0 spiro atoms. The van der Waals surface area contributed by atoms with E-state index in [1.165, 1.54) is 11.1 Å². The zero-order chi connectivity index (χ0) is 29.8. The van der Waals surface area contributed by atoms with Gasteiger partial charge in [-0.1, -0.05) is 23.6 Å². The summed E-state index contributed by atoms with van der Waals surface area (Å²) in [5.41, 5.74) is 8.33. The Morgan fingerprint density at radius 3 is 2.69 bits per heavy atom. The molecule has 2 fully saturated rings. The van der Waals surface area contributed by atoms with Gasteiger partial charge in [-0.15, -0.1) is 12.0 Å². The predicted octanol–water partition coefficient (Wildman–Crippen LogP) is 5.81. The molecule has 1 aliphatic carbocycles. The highest BCUT2D eigenvalue weighted by Crippen LogP contribution is 2.47. The Labute approximate surface area is 247 Å². The molecule has 2 atom stereocenters. The molecule has 220 valence electrons. The van der Waals surface area contributed by atoms with Crippen molar-refractivity contribution in [2.24, 2.45) is 0 Å². The van der Waals surface area contributed by atoms with Crippen LogP contribution in [0, 0.1) is 25.2 Å². The van der Waals surface area contributed by atoms with Crippen LogP contribution in [0.1, 0.15) is 56.0 Å². The van der Waals surface area contributed by atoms with Crippen molar-refractivity contribution in [1.29, 1.82) is 0 Å². The van der Waals surface area contributed by atoms with E-state index in [4.69, 9.17) is 22.8 Å². The molecule has 0 amide bonds. The maximum Gasteiger partial charge on any atom is 0.262 e.